The van der Waals surface area contributed by atoms with Crippen LogP contribution in [-0.4, -0.2) is 16.8 Å². The molecular formula is C64H48N4O4S2+2. The van der Waals surface area contributed by atoms with Crippen molar-refractivity contribution in [1.29, 1.82) is 0 Å². The zero-order valence-electron chi connectivity index (χ0n) is 39.9. The van der Waals surface area contributed by atoms with E-state index in [0.717, 1.165) is 78.7 Å². The van der Waals surface area contributed by atoms with E-state index in [1.165, 1.54) is 24.3 Å². The van der Waals surface area contributed by atoms with E-state index in [0.29, 0.717) is 11.4 Å². The molecule has 0 radical (unpaired) electrons. The lowest BCUT2D eigenvalue weighted by molar-refractivity contribution is -0.572. The number of benzene rings is 9. The van der Waals surface area contributed by atoms with Crippen LogP contribution in [0.2, 0.25) is 0 Å². The molecule has 0 atom stereocenters. The van der Waals surface area contributed by atoms with Crippen LogP contribution in [0.15, 0.2) is 287 Å². The molecule has 0 bridgehead atoms. The van der Waals surface area contributed by atoms with Crippen LogP contribution >= 0.6 is 0 Å². The molecule has 0 saturated heterocycles. The van der Waals surface area contributed by atoms with Crippen LogP contribution < -0.4 is 20.6 Å². The van der Waals surface area contributed by atoms with Crippen molar-refractivity contribution in [2.24, 2.45) is 0 Å². The smallest absolute Gasteiger partial charge is 0.219 e. The zero-order chi connectivity index (χ0) is 50.8. The van der Waals surface area contributed by atoms with E-state index in [-0.39, 0.29) is 19.6 Å². The third kappa shape index (κ3) is 9.27. The van der Waals surface area contributed by atoms with Gasteiger partial charge in [0.1, 0.15) is 0 Å². The highest BCUT2D eigenvalue weighted by molar-refractivity contribution is 7.91. The third-order valence-corrected chi connectivity index (χ3v) is 16.7. The van der Waals surface area contributed by atoms with Gasteiger partial charge in [0.2, 0.25) is 53.8 Å². The Morgan fingerprint density at radius 1 is 0.243 bits per heavy atom. The van der Waals surface area contributed by atoms with Gasteiger partial charge in [0.15, 0.2) is 0 Å². The Bertz CT molecular complexity index is 3640. The van der Waals surface area contributed by atoms with Gasteiger partial charge in [-0.2, -0.15) is 9.13 Å². The van der Waals surface area contributed by atoms with E-state index in [4.69, 9.17) is 11.5 Å². The Balaban J connectivity index is 1.03. The third-order valence-electron chi connectivity index (χ3n) is 13.2. The molecule has 11 rings (SSSR count). The Morgan fingerprint density at radius 3 is 0.716 bits per heavy atom. The predicted octanol–water partition coefficient (Wildman–Crippen LogP) is 13.1. The number of hydrogen-bond donors (Lipinski definition) is 2. The number of aromatic nitrogens is 2. The molecule has 4 N–H and O–H groups in total. The highest BCUT2D eigenvalue weighted by atomic mass is 32.2. The molecule has 8 nitrogen and oxygen atoms in total. The molecule has 10 heteroatoms. The van der Waals surface area contributed by atoms with Crippen molar-refractivity contribution in [3.8, 4) is 78.7 Å². The second-order valence-electron chi connectivity index (χ2n) is 17.9. The molecule has 2 heterocycles. The molecule has 0 aliphatic carbocycles. The van der Waals surface area contributed by atoms with Crippen LogP contribution in [0.1, 0.15) is 0 Å². The van der Waals surface area contributed by atoms with E-state index >= 15 is 0 Å². The molecule has 0 aliphatic rings. The number of pyridine rings is 2. The van der Waals surface area contributed by atoms with Crippen LogP contribution in [0.3, 0.4) is 0 Å². The van der Waals surface area contributed by atoms with Crippen molar-refractivity contribution < 1.29 is 26.0 Å². The number of nitrogen functional groups attached to an aromatic ring is 2. The first-order valence-corrected chi connectivity index (χ1v) is 26.9. The van der Waals surface area contributed by atoms with Crippen LogP contribution in [0.4, 0.5) is 11.4 Å². The molecule has 358 valence electrons. The summed E-state index contributed by atoms with van der Waals surface area (Å²) >= 11 is 0. The number of nitrogens with zero attached hydrogens (tertiary/aromatic N) is 2. The topological polar surface area (TPSA) is 128 Å². The van der Waals surface area contributed by atoms with E-state index in [9.17, 15) is 16.8 Å². The quantitative estimate of drug-likeness (QED) is 0.0927. The van der Waals surface area contributed by atoms with Crippen LogP contribution in [0, 0.1) is 0 Å². The summed E-state index contributed by atoms with van der Waals surface area (Å²) < 4.78 is 59.3. The Labute approximate surface area is 431 Å². The first-order chi connectivity index (χ1) is 36.0. The first kappa shape index (κ1) is 47.1. The maximum atomic E-state index is 13.7. The van der Waals surface area contributed by atoms with Crippen molar-refractivity contribution in [2.45, 2.75) is 19.6 Å². The fraction of sp³-hybridized carbons (Fsp3) is 0. The fourth-order valence-electron chi connectivity index (χ4n) is 9.34. The van der Waals surface area contributed by atoms with Gasteiger partial charge >= 0.3 is 0 Å². The average Bonchev–Trinajstić information content (AvgIpc) is 3.46. The lowest BCUT2D eigenvalue weighted by Gasteiger charge is -2.14. The van der Waals surface area contributed by atoms with Gasteiger partial charge in [0.25, 0.3) is 0 Å². The first-order valence-electron chi connectivity index (χ1n) is 24.0. The summed E-state index contributed by atoms with van der Waals surface area (Å²) in [4.78, 5) is 0.721. The van der Waals surface area contributed by atoms with Gasteiger partial charge in [-0.05, 0) is 144 Å². The van der Waals surface area contributed by atoms with E-state index in [1.807, 2.05) is 97.1 Å². The summed E-state index contributed by atoms with van der Waals surface area (Å²) in [6, 6.07) is 84.8. The average molecular weight is 1000 g/mol. The van der Waals surface area contributed by atoms with Crippen molar-refractivity contribution in [3.63, 3.8) is 0 Å². The van der Waals surface area contributed by atoms with E-state index in [2.05, 4.69) is 106 Å². The highest BCUT2D eigenvalue weighted by Gasteiger charge is 2.29. The van der Waals surface area contributed by atoms with Gasteiger partial charge in [-0.1, -0.05) is 97.1 Å². The summed E-state index contributed by atoms with van der Waals surface area (Å²) in [6.45, 7) is 0. The van der Waals surface area contributed by atoms with Crippen LogP contribution in [-0.2, 0) is 19.7 Å². The minimum Gasteiger partial charge on any atom is -0.399 e. The van der Waals surface area contributed by atoms with Crippen molar-refractivity contribution >= 4 is 31.0 Å². The summed E-state index contributed by atoms with van der Waals surface area (Å²) in [5.74, 6) is 0. The molecule has 0 saturated carbocycles. The van der Waals surface area contributed by atoms with Gasteiger partial charge in [-0.15, -0.1) is 0 Å². The van der Waals surface area contributed by atoms with Crippen molar-refractivity contribution in [1.82, 2.24) is 0 Å². The molecule has 0 amide bonds. The van der Waals surface area contributed by atoms with Crippen molar-refractivity contribution in [3.05, 3.63) is 267 Å². The second kappa shape index (κ2) is 19.8. The molecule has 0 spiro atoms. The minimum absolute atomic E-state index is 0.177. The van der Waals surface area contributed by atoms with Crippen LogP contribution in [0.5, 0.6) is 0 Å². The zero-order valence-corrected chi connectivity index (χ0v) is 41.5. The number of anilines is 2. The standard InChI is InChI=1S/C64H48N4O4S2/c65-53-25-33-57(34-26-53)73(69,70)59-37-29-55(30-38-59)67-61(47-13-5-1-6-14-47)41-51(42-62(67)48-15-7-2-8-16-48)45-21-23-46(24-22-45)52-43-63(49-17-9-3-10-18-49)68(64(44-52)50-19-11-4-12-20-50)56-31-39-60(40-32-56)74(71,72)58-35-27-54(66)28-36-58/h1-44H,65-66H2/q+2. The fourth-order valence-corrected chi connectivity index (χ4v) is 11.9. The van der Waals surface area contributed by atoms with Gasteiger partial charge < -0.3 is 11.5 Å². The highest BCUT2D eigenvalue weighted by Crippen LogP contribution is 2.35. The van der Waals surface area contributed by atoms with Crippen molar-refractivity contribution in [2.75, 3.05) is 11.5 Å². The molecule has 9 aromatic carbocycles. The lowest BCUT2D eigenvalue weighted by atomic mass is 9.95. The number of sulfone groups is 2. The summed E-state index contributed by atoms with van der Waals surface area (Å²) in [5.41, 5.74) is 26.0. The maximum Gasteiger partial charge on any atom is 0.219 e. The Kier molecular flexibility index (Phi) is 12.6. The number of nitrogens with two attached hydrogens (primary N) is 2. The summed E-state index contributed by atoms with van der Waals surface area (Å²) in [5, 5.41) is 0. The predicted molar refractivity (Wildman–Crippen MR) is 295 cm³/mol. The number of rotatable bonds is 12. The maximum absolute atomic E-state index is 13.7. The SMILES string of the molecule is Nc1ccc(S(=O)(=O)c2ccc(-[n+]3c(-c4ccccc4)cc(-c4ccc(-c5cc(-c6ccccc6)[n+](-c6ccc(S(=O)(=O)c7ccc(N)cc7)cc6)c(-c6ccccc6)c5)cc4)cc3-c3ccccc3)cc2)cc1. The Morgan fingerprint density at radius 2 is 0.473 bits per heavy atom. The molecule has 11 aromatic rings. The van der Waals surface area contributed by atoms with Gasteiger partial charge in [-0.25, -0.2) is 16.8 Å². The van der Waals surface area contributed by atoms with Gasteiger partial charge in [0.05, 0.1) is 19.6 Å². The van der Waals surface area contributed by atoms with Gasteiger partial charge in [0, 0.05) is 82.2 Å². The second-order valence-corrected chi connectivity index (χ2v) is 21.8. The molecular weight excluding hydrogens is 953 g/mol. The molecule has 0 aliphatic heterocycles. The van der Waals surface area contributed by atoms with Gasteiger partial charge in [-0.3, -0.25) is 0 Å². The monoisotopic (exact) mass is 1000 g/mol. The van der Waals surface area contributed by atoms with E-state index in [1.54, 1.807) is 48.5 Å². The minimum atomic E-state index is -3.80. The Hall–Kier alpha value is -9.22. The largest absolute Gasteiger partial charge is 0.399 e. The summed E-state index contributed by atoms with van der Waals surface area (Å²) in [6.07, 6.45) is 0. The van der Waals surface area contributed by atoms with Crippen LogP contribution in [0.25, 0.3) is 78.7 Å². The molecule has 74 heavy (non-hydrogen) atoms. The molecule has 2 aromatic heterocycles. The lowest BCUT2D eigenvalue weighted by Crippen LogP contribution is -2.36. The van der Waals surface area contributed by atoms with E-state index < -0.39 is 19.7 Å². The molecule has 0 unspecified atom stereocenters. The normalized spacial score (nSPS) is 11.6. The molecule has 0 fully saturated rings. The number of hydrogen-bond acceptors (Lipinski definition) is 6. The summed E-state index contributed by atoms with van der Waals surface area (Å²) in [7, 11) is -7.59.